The van der Waals surface area contributed by atoms with Crippen molar-refractivity contribution < 1.29 is 9.59 Å². The summed E-state index contributed by atoms with van der Waals surface area (Å²) < 4.78 is 0. The van der Waals surface area contributed by atoms with Crippen molar-refractivity contribution in [2.45, 2.75) is 44.9 Å². The Balaban J connectivity index is 1.75. The third-order valence-corrected chi connectivity index (χ3v) is 4.82. The molecular formula is C18H23NO2. The van der Waals surface area contributed by atoms with Crippen LogP contribution < -0.4 is 0 Å². The number of hydrogen-bond acceptors (Lipinski definition) is 2. The van der Waals surface area contributed by atoms with Gasteiger partial charge in [0.15, 0.2) is 0 Å². The van der Waals surface area contributed by atoms with Crippen molar-refractivity contribution in [1.29, 1.82) is 0 Å². The van der Waals surface area contributed by atoms with Gasteiger partial charge in [-0.1, -0.05) is 31.0 Å². The molecule has 1 saturated carbocycles. The molecule has 3 heteroatoms. The van der Waals surface area contributed by atoms with E-state index in [0.29, 0.717) is 12.2 Å². The molecule has 0 bridgehead atoms. The Kier molecular flexibility index (Phi) is 4.37. The van der Waals surface area contributed by atoms with E-state index >= 15 is 0 Å². The van der Waals surface area contributed by atoms with E-state index < -0.39 is 0 Å². The van der Waals surface area contributed by atoms with Crippen LogP contribution in [-0.4, -0.2) is 29.7 Å². The van der Waals surface area contributed by atoms with E-state index in [1.165, 1.54) is 12.8 Å². The van der Waals surface area contributed by atoms with E-state index in [9.17, 15) is 9.59 Å². The highest BCUT2D eigenvalue weighted by atomic mass is 16.2. The van der Waals surface area contributed by atoms with Gasteiger partial charge in [0, 0.05) is 31.0 Å². The van der Waals surface area contributed by atoms with Crippen LogP contribution in [-0.2, 0) is 11.2 Å². The minimum atomic E-state index is 0.0994. The summed E-state index contributed by atoms with van der Waals surface area (Å²) in [5.74, 6) is 0.636. The molecule has 1 saturated heterocycles. The van der Waals surface area contributed by atoms with E-state index in [0.717, 1.165) is 49.9 Å². The lowest BCUT2D eigenvalue weighted by Crippen LogP contribution is -2.29. The van der Waals surface area contributed by atoms with Crippen LogP contribution in [0.25, 0.3) is 0 Å². The fraction of sp³-hybridized carbons (Fsp3) is 0.556. The molecule has 1 heterocycles. The van der Waals surface area contributed by atoms with Crippen molar-refractivity contribution >= 4 is 11.7 Å². The number of Topliss-reactive ketones (excluding diaryl/α,β-unsaturated/α-hetero) is 1. The first kappa shape index (κ1) is 14.3. The van der Waals surface area contributed by atoms with Gasteiger partial charge in [0.25, 0.3) is 5.91 Å². The first-order chi connectivity index (χ1) is 10.3. The Hall–Kier alpha value is -1.64. The monoisotopic (exact) mass is 285 g/mol. The van der Waals surface area contributed by atoms with Gasteiger partial charge in [0.1, 0.15) is 5.78 Å². The maximum absolute atomic E-state index is 12.6. The topological polar surface area (TPSA) is 37.4 Å². The van der Waals surface area contributed by atoms with Gasteiger partial charge >= 0.3 is 0 Å². The van der Waals surface area contributed by atoms with Crippen LogP contribution in [0.2, 0.25) is 0 Å². The number of ketones is 1. The highest BCUT2D eigenvalue weighted by Crippen LogP contribution is 2.27. The molecule has 3 rings (SSSR count). The number of likely N-dealkylation sites (tertiary alicyclic amines) is 1. The van der Waals surface area contributed by atoms with E-state index in [2.05, 4.69) is 0 Å². The van der Waals surface area contributed by atoms with Gasteiger partial charge in [-0.05, 0) is 37.3 Å². The van der Waals surface area contributed by atoms with Gasteiger partial charge in [-0.25, -0.2) is 0 Å². The predicted molar refractivity (Wildman–Crippen MR) is 82.2 cm³/mol. The number of benzene rings is 1. The van der Waals surface area contributed by atoms with Crippen molar-refractivity contribution in [2.75, 3.05) is 13.1 Å². The molecule has 0 aromatic heterocycles. The average Bonchev–Trinajstić information content (AvgIpc) is 3.20. The average molecular weight is 285 g/mol. The summed E-state index contributed by atoms with van der Waals surface area (Å²) in [6, 6.07) is 7.64. The highest BCUT2D eigenvalue weighted by Gasteiger charge is 2.26. The molecule has 1 aliphatic carbocycles. The van der Waals surface area contributed by atoms with Crippen molar-refractivity contribution in [3.63, 3.8) is 0 Å². The third kappa shape index (κ3) is 3.17. The van der Waals surface area contributed by atoms with E-state index in [1.54, 1.807) is 0 Å². The SMILES string of the molecule is O=C(Cc1ccccc1C(=O)N1CCCC1)C1CCCC1. The van der Waals surface area contributed by atoms with E-state index in [4.69, 9.17) is 0 Å². The van der Waals surface area contributed by atoms with Crippen LogP contribution in [0.3, 0.4) is 0 Å². The second-order valence-corrected chi connectivity index (χ2v) is 6.28. The molecule has 3 nitrogen and oxygen atoms in total. The zero-order valence-electron chi connectivity index (χ0n) is 12.5. The zero-order chi connectivity index (χ0) is 14.7. The second kappa shape index (κ2) is 6.42. The van der Waals surface area contributed by atoms with Gasteiger partial charge in [-0.2, -0.15) is 0 Å². The Morgan fingerprint density at radius 1 is 1.00 bits per heavy atom. The molecule has 1 amide bonds. The molecule has 2 fully saturated rings. The number of hydrogen-bond donors (Lipinski definition) is 0. The molecule has 112 valence electrons. The first-order valence-electron chi connectivity index (χ1n) is 8.15. The molecule has 0 N–H and O–H groups in total. The molecule has 1 aromatic rings. The lowest BCUT2D eigenvalue weighted by Gasteiger charge is -2.18. The molecular weight excluding hydrogens is 262 g/mol. The van der Waals surface area contributed by atoms with Gasteiger partial charge in [0.05, 0.1) is 0 Å². The van der Waals surface area contributed by atoms with Crippen LogP contribution >= 0.6 is 0 Å². The van der Waals surface area contributed by atoms with Crippen molar-refractivity contribution in [3.8, 4) is 0 Å². The Labute approximate surface area is 126 Å². The van der Waals surface area contributed by atoms with Crippen molar-refractivity contribution in [1.82, 2.24) is 4.90 Å². The van der Waals surface area contributed by atoms with Crippen LogP contribution in [0, 0.1) is 5.92 Å². The molecule has 1 aromatic carbocycles. The van der Waals surface area contributed by atoms with E-state index in [1.807, 2.05) is 29.2 Å². The molecule has 21 heavy (non-hydrogen) atoms. The molecule has 0 unspecified atom stereocenters. The van der Waals surface area contributed by atoms with Crippen molar-refractivity contribution in [3.05, 3.63) is 35.4 Å². The van der Waals surface area contributed by atoms with E-state index in [-0.39, 0.29) is 11.8 Å². The minimum Gasteiger partial charge on any atom is -0.339 e. The summed E-state index contributed by atoms with van der Waals surface area (Å²) >= 11 is 0. The molecule has 1 aliphatic heterocycles. The molecule has 2 aliphatic rings. The maximum Gasteiger partial charge on any atom is 0.254 e. The fourth-order valence-electron chi connectivity index (χ4n) is 3.55. The van der Waals surface area contributed by atoms with Crippen LogP contribution in [0.15, 0.2) is 24.3 Å². The largest absolute Gasteiger partial charge is 0.339 e. The normalized spacial score (nSPS) is 19.1. The van der Waals surface area contributed by atoms with Crippen LogP contribution in [0.1, 0.15) is 54.4 Å². The fourth-order valence-corrected chi connectivity index (χ4v) is 3.55. The molecule has 0 atom stereocenters. The quantitative estimate of drug-likeness (QED) is 0.851. The lowest BCUT2D eigenvalue weighted by molar-refractivity contribution is -0.122. The number of rotatable bonds is 4. The Morgan fingerprint density at radius 3 is 2.38 bits per heavy atom. The number of carbonyl (C=O) groups is 2. The number of carbonyl (C=O) groups excluding carboxylic acids is 2. The minimum absolute atomic E-state index is 0.0994. The summed E-state index contributed by atoms with van der Waals surface area (Å²) in [5, 5.41) is 0. The standard InChI is InChI=1S/C18H23NO2/c20-17(14-7-1-2-8-14)13-15-9-3-4-10-16(15)18(21)19-11-5-6-12-19/h3-4,9-10,14H,1-2,5-8,11-13H2. The van der Waals surface area contributed by atoms with Gasteiger partial charge in [0.2, 0.25) is 0 Å². The zero-order valence-corrected chi connectivity index (χ0v) is 12.5. The van der Waals surface area contributed by atoms with Gasteiger partial charge in [-0.15, -0.1) is 0 Å². The molecule has 0 radical (unpaired) electrons. The molecule has 0 spiro atoms. The predicted octanol–water partition coefficient (Wildman–Crippen LogP) is 3.22. The Morgan fingerprint density at radius 2 is 1.67 bits per heavy atom. The smallest absolute Gasteiger partial charge is 0.254 e. The second-order valence-electron chi connectivity index (χ2n) is 6.28. The summed E-state index contributed by atoms with van der Waals surface area (Å²) in [6.07, 6.45) is 7.00. The Bertz CT molecular complexity index is 526. The number of amides is 1. The van der Waals surface area contributed by atoms with Gasteiger partial charge < -0.3 is 4.90 Å². The summed E-state index contributed by atoms with van der Waals surface area (Å²) in [6.45, 7) is 1.70. The number of nitrogens with zero attached hydrogens (tertiary/aromatic N) is 1. The summed E-state index contributed by atoms with van der Waals surface area (Å²) in [4.78, 5) is 26.9. The van der Waals surface area contributed by atoms with Crippen LogP contribution in [0.5, 0.6) is 0 Å². The highest BCUT2D eigenvalue weighted by molar-refractivity contribution is 5.97. The van der Waals surface area contributed by atoms with Gasteiger partial charge in [-0.3, -0.25) is 9.59 Å². The van der Waals surface area contributed by atoms with Crippen LogP contribution in [0.4, 0.5) is 0 Å². The summed E-state index contributed by atoms with van der Waals surface area (Å²) in [7, 11) is 0. The first-order valence-corrected chi connectivity index (χ1v) is 8.15. The van der Waals surface area contributed by atoms with Crippen molar-refractivity contribution in [2.24, 2.45) is 5.92 Å². The third-order valence-electron chi connectivity index (χ3n) is 4.82. The summed E-state index contributed by atoms with van der Waals surface area (Å²) in [5.41, 5.74) is 1.64. The lowest BCUT2D eigenvalue weighted by atomic mass is 9.94. The maximum atomic E-state index is 12.6.